The number of rotatable bonds is 9. The molecule has 0 saturated carbocycles. The van der Waals surface area contributed by atoms with E-state index < -0.39 is 0 Å². The van der Waals surface area contributed by atoms with Gasteiger partial charge in [0.05, 0.1) is 12.7 Å². The Morgan fingerprint density at radius 1 is 1.06 bits per heavy atom. The van der Waals surface area contributed by atoms with E-state index in [1.54, 1.807) is 0 Å². The molecule has 0 bridgehead atoms. The molecule has 0 rings (SSSR count). The van der Waals surface area contributed by atoms with Gasteiger partial charge in [-0.2, -0.15) is 0 Å². The van der Waals surface area contributed by atoms with Crippen molar-refractivity contribution in [3.63, 3.8) is 0 Å². The molecule has 0 saturated heterocycles. The van der Waals surface area contributed by atoms with Crippen molar-refractivity contribution >= 4 is 0 Å². The van der Waals surface area contributed by atoms with E-state index in [1.165, 1.54) is 0 Å². The minimum atomic E-state index is 0.307. The summed E-state index contributed by atoms with van der Waals surface area (Å²) < 4.78 is 5.77. The first-order valence-corrected chi connectivity index (χ1v) is 6.57. The van der Waals surface area contributed by atoms with Crippen molar-refractivity contribution in [1.29, 1.82) is 0 Å². The predicted octanol–water partition coefficient (Wildman–Crippen LogP) is 2.12. The fraction of sp³-hybridized carbons (Fsp3) is 1.00. The van der Waals surface area contributed by atoms with Crippen LogP contribution in [0.25, 0.3) is 0 Å². The molecule has 1 unspecified atom stereocenters. The average Bonchev–Trinajstić information content (AvgIpc) is 2.20. The SMILES string of the molecule is CCNCC(C)OCCN(C(C)C)C(C)C. The fourth-order valence-corrected chi connectivity index (χ4v) is 1.88. The van der Waals surface area contributed by atoms with Gasteiger partial charge in [-0.25, -0.2) is 0 Å². The quantitative estimate of drug-likeness (QED) is 0.656. The van der Waals surface area contributed by atoms with Gasteiger partial charge in [0.25, 0.3) is 0 Å². The third-order valence-electron chi connectivity index (χ3n) is 2.76. The molecule has 0 aromatic heterocycles. The molecule has 0 fully saturated rings. The summed E-state index contributed by atoms with van der Waals surface area (Å²) in [6, 6.07) is 1.18. The maximum Gasteiger partial charge on any atom is 0.0672 e. The van der Waals surface area contributed by atoms with E-state index in [2.05, 4.69) is 51.8 Å². The summed E-state index contributed by atoms with van der Waals surface area (Å²) in [5.41, 5.74) is 0. The Kier molecular flexibility index (Phi) is 8.90. The Hall–Kier alpha value is -0.120. The highest BCUT2D eigenvalue weighted by atomic mass is 16.5. The molecular formula is C13H30N2O. The molecular weight excluding hydrogens is 200 g/mol. The molecule has 0 heterocycles. The molecule has 0 aliphatic carbocycles. The maximum absolute atomic E-state index is 5.77. The Morgan fingerprint density at radius 2 is 1.62 bits per heavy atom. The summed E-state index contributed by atoms with van der Waals surface area (Å²) in [5.74, 6) is 0. The minimum Gasteiger partial charge on any atom is -0.376 e. The van der Waals surface area contributed by atoms with Gasteiger partial charge in [-0.05, 0) is 41.2 Å². The highest BCUT2D eigenvalue weighted by Crippen LogP contribution is 2.04. The van der Waals surface area contributed by atoms with Crippen molar-refractivity contribution in [2.24, 2.45) is 0 Å². The zero-order valence-electron chi connectivity index (χ0n) is 11.9. The van der Waals surface area contributed by atoms with Gasteiger partial charge in [-0.3, -0.25) is 4.90 Å². The van der Waals surface area contributed by atoms with E-state index in [9.17, 15) is 0 Å². The molecule has 3 nitrogen and oxygen atoms in total. The van der Waals surface area contributed by atoms with E-state index in [-0.39, 0.29) is 0 Å². The molecule has 0 aliphatic heterocycles. The highest BCUT2D eigenvalue weighted by molar-refractivity contribution is 4.67. The van der Waals surface area contributed by atoms with Crippen molar-refractivity contribution in [2.45, 2.75) is 59.7 Å². The van der Waals surface area contributed by atoms with Crippen LogP contribution in [-0.4, -0.2) is 49.3 Å². The lowest BCUT2D eigenvalue weighted by Crippen LogP contribution is -2.40. The monoisotopic (exact) mass is 230 g/mol. The van der Waals surface area contributed by atoms with E-state index in [0.29, 0.717) is 18.2 Å². The average molecular weight is 230 g/mol. The molecule has 0 aromatic carbocycles. The number of hydrogen-bond donors (Lipinski definition) is 1. The van der Waals surface area contributed by atoms with Crippen LogP contribution in [0.15, 0.2) is 0 Å². The third-order valence-corrected chi connectivity index (χ3v) is 2.76. The van der Waals surface area contributed by atoms with Gasteiger partial charge in [0.1, 0.15) is 0 Å². The van der Waals surface area contributed by atoms with Gasteiger partial charge in [0.15, 0.2) is 0 Å². The lowest BCUT2D eigenvalue weighted by molar-refractivity contribution is 0.0352. The van der Waals surface area contributed by atoms with Crippen LogP contribution >= 0.6 is 0 Å². The highest BCUT2D eigenvalue weighted by Gasteiger charge is 2.13. The van der Waals surface area contributed by atoms with Crippen molar-refractivity contribution in [3.05, 3.63) is 0 Å². The second kappa shape index (κ2) is 8.97. The number of likely N-dealkylation sites (N-methyl/N-ethyl adjacent to an activating group) is 1. The molecule has 1 atom stereocenters. The molecule has 0 aliphatic rings. The van der Waals surface area contributed by atoms with Crippen LogP contribution in [0.4, 0.5) is 0 Å². The predicted molar refractivity (Wildman–Crippen MR) is 70.9 cm³/mol. The van der Waals surface area contributed by atoms with Gasteiger partial charge in [0.2, 0.25) is 0 Å². The smallest absolute Gasteiger partial charge is 0.0672 e. The van der Waals surface area contributed by atoms with Crippen molar-refractivity contribution in [3.8, 4) is 0 Å². The molecule has 0 amide bonds. The van der Waals surface area contributed by atoms with Crippen LogP contribution in [0.2, 0.25) is 0 Å². The largest absolute Gasteiger partial charge is 0.376 e. The molecule has 98 valence electrons. The van der Waals surface area contributed by atoms with Gasteiger partial charge < -0.3 is 10.1 Å². The zero-order chi connectivity index (χ0) is 12.6. The van der Waals surface area contributed by atoms with Crippen LogP contribution in [0, 0.1) is 0 Å². The zero-order valence-corrected chi connectivity index (χ0v) is 11.9. The second-order valence-corrected chi connectivity index (χ2v) is 4.91. The first-order valence-electron chi connectivity index (χ1n) is 6.57. The Balaban J connectivity index is 3.69. The second-order valence-electron chi connectivity index (χ2n) is 4.91. The fourth-order valence-electron chi connectivity index (χ4n) is 1.88. The van der Waals surface area contributed by atoms with Crippen LogP contribution in [0.1, 0.15) is 41.5 Å². The number of hydrogen-bond acceptors (Lipinski definition) is 3. The summed E-state index contributed by atoms with van der Waals surface area (Å²) in [6.07, 6.45) is 0.307. The van der Waals surface area contributed by atoms with E-state index in [4.69, 9.17) is 4.74 Å². The van der Waals surface area contributed by atoms with Crippen LogP contribution in [0.5, 0.6) is 0 Å². The molecule has 0 aromatic rings. The van der Waals surface area contributed by atoms with Crippen LogP contribution in [0.3, 0.4) is 0 Å². The van der Waals surface area contributed by atoms with Gasteiger partial charge in [-0.15, -0.1) is 0 Å². The topological polar surface area (TPSA) is 24.5 Å². The number of ether oxygens (including phenoxy) is 1. The van der Waals surface area contributed by atoms with E-state index in [1.807, 2.05) is 0 Å². The summed E-state index contributed by atoms with van der Waals surface area (Å²) in [6.45, 7) is 17.0. The van der Waals surface area contributed by atoms with Gasteiger partial charge >= 0.3 is 0 Å². The summed E-state index contributed by atoms with van der Waals surface area (Å²) in [4.78, 5) is 2.46. The van der Waals surface area contributed by atoms with Gasteiger partial charge in [0, 0.05) is 25.2 Å². The Labute approximate surface area is 102 Å². The summed E-state index contributed by atoms with van der Waals surface area (Å²) in [5, 5.41) is 3.29. The molecule has 0 radical (unpaired) electrons. The van der Waals surface area contributed by atoms with Crippen molar-refractivity contribution in [2.75, 3.05) is 26.2 Å². The summed E-state index contributed by atoms with van der Waals surface area (Å²) in [7, 11) is 0. The third kappa shape index (κ3) is 7.20. The normalized spacial score (nSPS) is 14.1. The molecule has 16 heavy (non-hydrogen) atoms. The molecule has 3 heteroatoms. The standard InChI is InChI=1S/C13H30N2O/c1-7-14-10-13(6)16-9-8-15(11(2)3)12(4)5/h11-14H,7-10H2,1-6H3. The van der Waals surface area contributed by atoms with Crippen LogP contribution < -0.4 is 5.32 Å². The molecule has 1 N–H and O–H groups in total. The number of nitrogens with zero attached hydrogens (tertiary/aromatic N) is 1. The number of nitrogens with one attached hydrogen (secondary N) is 1. The Bertz CT molecular complexity index is 152. The minimum absolute atomic E-state index is 0.307. The van der Waals surface area contributed by atoms with E-state index >= 15 is 0 Å². The van der Waals surface area contributed by atoms with Crippen molar-refractivity contribution < 1.29 is 4.74 Å². The van der Waals surface area contributed by atoms with Crippen LogP contribution in [-0.2, 0) is 4.74 Å². The lowest BCUT2D eigenvalue weighted by atomic mass is 10.2. The summed E-state index contributed by atoms with van der Waals surface area (Å²) >= 11 is 0. The first kappa shape index (κ1) is 15.9. The maximum atomic E-state index is 5.77. The first-order chi connectivity index (χ1) is 7.49. The lowest BCUT2D eigenvalue weighted by Gasteiger charge is -2.30. The van der Waals surface area contributed by atoms with Crippen molar-refractivity contribution in [1.82, 2.24) is 10.2 Å². The van der Waals surface area contributed by atoms with E-state index in [0.717, 1.165) is 26.2 Å². The molecule has 0 spiro atoms. The Morgan fingerprint density at radius 3 is 2.06 bits per heavy atom. The van der Waals surface area contributed by atoms with Gasteiger partial charge in [-0.1, -0.05) is 6.92 Å².